The van der Waals surface area contributed by atoms with Crippen molar-refractivity contribution in [3.63, 3.8) is 0 Å². The number of aliphatic imine (C=N–C) groups is 1. The topological polar surface area (TPSA) is 85.8 Å². The Balaban J connectivity index is 0.00000784. The molecule has 0 unspecified atom stereocenters. The zero-order chi connectivity index (χ0) is 21.2. The number of benzene rings is 1. The summed E-state index contributed by atoms with van der Waals surface area (Å²) >= 11 is 0. The van der Waals surface area contributed by atoms with Crippen molar-refractivity contribution in [3.05, 3.63) is 35.4 Å². The molecule has 7 nitrogen and oxygen atoms in total. The summed E-state index contributed by atoms with van der Waals surface area (Å²) in [6.07, 6.45) is -3.85. The number of carbonyl (C=O) groups excluding carboxylic acids is 2. The molecule has 29 heavy (non-hydrogen) atoms. The van der Waals surface area contributed by atoms with Crippen molar-refractivity contribution in [1.82, 2.24) is 20.9 Å². The van der Waals surface area contributed by atoms with Gasteiger partial charge in [0.25, 0.3) is 5.91 Å². The van der Waals surface area contributed by atoms with Crippen LogP contribution in [-0.4, -0.2) is 69.1 Å². The van der Waals surface area contributed by atoms with E-state index in [1.165, 1.54) is 0 Å². The Labute approximate surface area is 185 Å². The molecule has 0 aromatic heterocycles. The van der Waals surface area contributed by atoms with Gasteiger partial charge in [-0.15, -0.1) is 24.0 Å². The fourth-order valence-electron chi connectivity index (χ4n) is 2.30. The van der Waals surface area contributed by atoms with Crippen LogP contribution in [0.4, 0.5) is 13.2 Å². The van der Waals surface area contributed by atoms with Crippen molar-refractivity contribution in [2.24, 2.45) is 4.99 Å². The average Bonchev–Trinajstić information content (AvgIpc) is 2.64. The van der Waals surface area contributed by atoms with Gasteiger partial charge in [0.05, 0.1) is 0 Å². The van der Waals surface area contributed by atoms with Crippen LogP contribution in [-0.2, 0) is 11.2 Å². The molecule has 0 fully saturated rings. The third-order valence-electron chi connectivity index (χ3n) is 3.68. The maximum absolute atomic E-state index is 12.3. The number of halogens is 4. The smallest absolute Gasteiger partial charge is 0.357 e. The van der Waals surface area contributed by atoms with Crippen LogP contribution < -0.4 is 16.0 Å². The first kappa shape index (κ1) is 27.0. The van der Waals surface area contributed by atoms with Crippen molar-refractivity contribution in [2.75, 3.05) is 40.3 Å². The molecule has 0 radical (unpaired) electrons. The van der Waals surface area contributed by atoms with Crippen LogP contribution in [0.2, 0.25) is 0 Å². The molecule has 11 heteroatoms. The van der Waals surface area contributed by atoms with E-state index in [0.717, 1.165) is 12.6 Å². The van der Waals surface area contributed by atoms with Gasteiger partial charge < -0.3 is 20.9 Å². The van der Waals surface area contributed by atoms with E-state index in [0.29, 0.717) is 35.9 Å². The zero-order valence-corrected chi connectivity index (χ0v) is 18.9. The summed E-state index contributed by atoms with van der Waals surface area (Å²) < 4.78 is 37.0. The molecule has 0 heterocycles. The van der Waals surface area contributed by atoms with E-state index in [1.807, 2.05) is 13.0 Å². The number of carbonyl (C=O) groups is 2. The average molecular weight is 529 g/mol. The van der Waals surface area contributed by atoms with Gasteiger partial charge in [0.15, 0.2) is 5.96 Å². The standard InChI is InChI=1S/C18H26F3N5O2.HI/c1-4-23-17(25-11-15(27)26(3)12-18(19,20)21)24-9-8-13-6-5-7-14(10-13)16(28)22-2;/h5-7,10H,4,8-9,11-12H2,1-3H3,(H,22,28)(H2,23,24,25);1H. The van der Waals surface area contributed by atoms with E-state index in [9.17, 15) is 22.8 Å². The second-order valence-electron chi connectivity index (χ2n) is 6.02. The lowest BCUT2D eigenvalue weighted by Gasteiger charge is -2.18. The Hall–Kier alpha value is -2.05. The summed E-state index contributed by atoms with van der Waals surface area (Å²) in [6, 6.07) is 7.16. The Morgan fingerprint density at radius 3 is 2.48 bits per heavy atom. The van der Waals surface area contributed by atoms with Crippen LogP contribution in [0.25, 0.3) is 0 Å². The van der Waals surface area contributed by atoms with E-state index in [2.05, 4.69) is 20.9 Å². The molecular weight excluding hydrogens is 502 g/mol. The van der Waals surface area contributed by atoms with Gasteiger partial charge in [-0.25, -0.2) is 4.99 Å². The highest BCUT2D eigenvalue weighted by Gasteiger charge is 2.31. The molecule has 1 rings (SSSR count). The number of hydrogen-bond donors (Lipinski definition) is 3. The number of rotatable bonds is 8. The Morgan fingerprint density at radius 2 is 1.90 bits per heavy atom. The number of hydrogen-bond acceptors (Lipinski definition) is 3. The number of alkyl halides is 3. The predicted octanol–water partition coefficient (Wildman–Crippen LogP) is 1.78. The largest absolute Gasteiger partial charge is 0.406 e. The number of nitrogens with one attached hydrogen (secondary N) is 3. The number of amides is 2. The van der Waals surface area contributed by atoms with Gasteiger partial charge in [-0.05, 0) is 31.0 Å². The number of nitrogens with zero attached hydrogens (tertiary/aromatic N) is 2. The summed E-state index contributed by atoms with van der Waals surface area (Å²) in [5.41, 5.74) is 1.49. The third kappa shape index (κ3) is 10.9. The quantitative estimate of drug-likeness (QED) is 0.273. The van der Waals surface area contributed by atoms with E-state index in [4.69, 9.17) is 0 Å². The summed E-state index contributed by atoms with van der Waals surface area (Å²) in [4.78, 5) is 28.1. The van der Waals surface area contributed by atoms with Gasteiger partial charge in [-0.2, -0.15) is 13.2 Å². The molecule has 3 N–H and O–H groups in total. The second kappa shape index (κ2) is 13.2. The summed E-state index contributed by atoms with van der Waals surface area (Å²) in [7, 11) is 2.65. The predicted molar refractivity (Wildman–Crippen MR) is 117 cm³/mol. The van der Waals surface area contributed by atoms with Gasteiger partial charge in [-0.1, -0.05) is 12.1 Å². The summed E-state index contributed by atoms with van der Waals surface area (Å²) in [6.45, 7) is 1.13. The lowest BCUT2D eigenvalue weighted by Crippen LogP contribution is -2.40. The van der Waals surface area contributed by atoms with E-state index < -0.39 is 25.2 Å². The van der Waals surface area contributed by atoms with Crippen LogP contribution in [0.1, 0.15) is 22.8 Å². The van der Waals surface area contributed by atoms with Crippen LogP contribution in [0.3, 0.4) is 0 Å². The second-order valence-corrected chi connectivity index (χ2v) is 6.02. The highest BCUT2D eigenvalue weighted by atomic mass is 127. The van der Waals surface area contributed by atoms with Gasteiger partial charge in [0.1, 0.15) is 13.1 Å². The minimum absolute atomic E-state index is 0. The van der Waals surface area contributed by atoms with Crippen molar-refractivity contribution >= 4 is 41.8 Å². The first-order chi connectivity index (χ1) is 13.2. The molecule has 0 saturated heterocycles. The molecule has 1 aromatic rings. The van der Waals surface area contributed by atoms with Crippen molar-refractivity contribution < 1.29 is 22.8 Å². The fraction of sp³-hybridized carbons (Fsp3) is 0.500. The molecule has 0 spiro atoms. The van der Waals surface area contributed by atoms with E-state index >= 15 is 0 Å². The first-order valence-corrected chi connectivity index (χ1v) is 8.80. The van der Waals surface area contributed by atoms with Crippen LogP contribution in [0.5, 0.6) is 0 Å². The van der Waals surface area contributed by atoms with Crippen molar-refractivity contribution in [1.29, 1.82) is 0 Å². The van der Waals surface area contributed by atoms with Crippen molar-refractivity contribution in [3.8, 4) is 0 Å². The molecule has 0 saturated carbocycles. The van der Waals surface area contributed by atoms with Crippen LogP contribution in [0.15, 0.2) is 29.3 Å². The molecule has 0 aliphatic heterocycles. The molecule has 0 atom stereocenters. The number of likely N-dealkylation sites (N-methyl/N-ethyl adjacent to an activating group) is 1. The lowest BCUT2D eigenvalue weighted by molar-refractivity contribution is -0.157. The number of guanidine groups is 1. The first-order valence-electron chi connectivity index (χ1n) is 8.80. The highest BCUT2D eigenvalue weighted by molar-refractivity contribution is 14.0. The molecule has 0 bridgehead atoms. The third-order valence-corrected chi connectivity index (χ3v) is 3.68. The summed E-state index contributed by atoms with van der Waals surface area (Å²) in [5.74, 6) is -0.572. The molecule has 0 aliphatic carbocycles. The van der Waals surface area contributed by atoms with Gasteiger partial charge in [-0.3, -0.25) is 9.59 Å². The minimum Gasteiger partial charge on any atom is -0.357 e. The maximum atomic E-state index is 12.3. The van der Waals surface area contributed by atoms with E-state index in [1.54, 1.807) is 25.2 Å². The highest BCUT2D eigenvalue weighted by Crippen LogP contribution is 2.15. The lowest BCUT2D eigenvalue weighted by atomic mass is 10.1. The zero-order valence-electron chi connectivity index (χ0n) is 16.6. The monoisotopic (exact) mass is 529 g/mol. The Morgan fingerprint density at radius 1 is 1.21 bits per heavy atom. The SMILES string of the molecule is CCNC(=NCC(=O)N(C)CC(F)(F)F)NCCc1cccc(C(=O)NC)c1.I. The molecular formula is C18H27F3IN5O2. The van der Waals surface area contributed by atoms with E-state index in [-0.39, 0.29) is 29.9 Å². The van der Waals surface area contributed by atoms with Crippen molar-refractivity contribution in [2.45, 2.75) is 19.5 Å². The fourth-order valence-corrected chi connectivity index (χ4v) is 2.30. The van der Waals surface area contributed by atoms with Crippen LogP contribution >= 0.6 is 24.0 Å². The summed E-state index contributed by atoms with van der Waals surface area (Å²) in [5, 5.41) is 8.51. The maximum Gasteiger partial charge on any atom is 0.406 e. The van der Waals surface area contributed by atoms with Gasteiger partial charge >= 0.3 is 6.18 Å². The molecule has 164 valence electrons. The molecule has 0 aliphatic rings. The molecule has 2 amide bonds. The van der Waals surface area contributed by atoms with Gasteiger partial charge in [0.2, 0.25) is 5.91 Å². The Kier molecular flexibility index (Phi) is 12.3. The van der Waals surface area contributed by atoms with Crippen LogP contribution in [0, 0.1) is 0 Å². The normalized spacial score (nSPS) is 11.3. The minimum atomic E-state index is -4.44. The Bertz CT molecular complexity index is 698. The molecule has 1 aromatic carbocycles. The van der Waals surface area contributed by atoms with Gasteiger partial charge in [0, 0.05) is 32.7 Å².